The van der Waals surface area contributed by atoms with Gasteiger partial charge in [0.1, 0.15) is 6.61 Å². The number of hydrogen-bond acceptors (Lipinski definition) is 6. The van der Waals surface area contributed by atoms with Crippen molar-refractivity contribution >= 4 is 35.7 Å². The molecule has 2 saturated heterocycles. The molecule has 11 heteroatoms. The summed E-state index contributed by atoms with van der Waals surface area (Å²) in [5.41, 5.74) is 0.306. The van der Waals surface area contributed by atoms with E-state index in [9.17, 15) is 19.2 Å². The van der Waals surface area contributed by atoms with E-state index in [2.05, 4.69) is 33.2 Å². The molecule has 2 aliphatic heterocycles. The lowest BCUT2D eigenvalue weighted by Gasteiger charge is -2.16. The second-order valence-electron chi connectivity index (χ2n) is 7.32. The molecule has 10 nitrogen and oxygen atoms in total. The number of unbranched alkanes of at least 4 members (excludes halogenated alkanes) is 1. The zero-order chi connectivity index (χ0) is 21.9. The topological polar surface area (TPSA) is 138 Å². The standard InChI is InChI=1S/C19H31N5O5S/c1-12(2)17(26)29-10-9-22-18(27)21-8-7-20-15(25)6-4-3-5-14-16-13(11-30-14)23-19(28)24-16/h13-14,16H,1,3-11H2,2H3,(H,20,25)(H2,21,22,27)(H2,23,24,28). The Hall–Kier alpha value is -2.43. The van der Waals surface area contributed by atoms with Crippen LogP contribution in [0.25, 0.3) is 0 Å². The molecule has 0 spiro atoms. The summed E-state index contributed by atoms with van der Waals surface area (Å²) in [7, 11) is 0. The first-order valence-corrected chi connectivity index (χ1v) is 11.2. The molecule has 0 bridgehead atoms. The largest absolute Gasteiger partial charge is 0.460 e. The summed E-state index contributed by atoms with van der Waals surface area (Å²) in [6.07, 6.45) is 3.14. The number of ether oxygens (including phenoxy) is 1. The van der Waals surface area contributed by atoms with Gasteiger partial charge in [0.2, 0.25) is 5.91 Å². The minimum atomic E-state index is -0.492. The van der Waals surface area contributed by atoms with Gasteiger partial charge >= 0.3 is 18.0 Å². The van der Waals surface area contributed by atoms with E-state index in [1.807, 2.05) is 11.8 Å². The molecule has 5 amide bonds. The molecule has 5 N–H and O–H groups in total. The molecule has 3 atom stereocenters. The van der Waals surface area contributed by atoms with Crippen LogP contribution in [0.5, 0.6) is 0 Å². The summed E-state index contributed by atoms with van der Waals surface area (Å²) in [6.45, 7) is 5.92. The van der Waals surface area contributed by atoms with E-state index in [1.165, 1.54) is 0 Å². The highest BCUT2D eigenvalue weighted by molar-refractivity contribution is 8.00. The molecule has 0 aromatic rings. The van der Waals surface area contributed by atoms with Crippen molar-refractivity contribution in [1.29, 1.82) is 0 Å². The van der Waals surface area contributed by atoms with E-state index in [1.54, 1.807) is 6.92 Å². The zero-order valence-corrected chi connectivity index (χ0v) is 18.1. The minimum absolute atomic E-state index is 0.0447. The number of thioether (sulfide) groups is 1. The van der Waals surface area contributed by atoms with Gasteiger partial charge in [0.05, 0.1) is 18.6 Å². The van der Waals surface area contributed by atoms with Crippen molar-refractivity contribution in [2.24, 2.45) is 0 Å². The van der Waals surface area contributed by atoms with Crippen molar-refractivity contribution in [1.82, 2.24) is 26.6 Å². The quantitative estimate of drug-likeness (QED) is 0.127. The highest BCUT2D eigenvalue weighted by Crippen LogP contribution is 2.33. The summed E-state index contributed by atoms with van der Waals surface area (Å²) in [5, 5.41) is 14.2. The van der Waals surface area contributed by atoms with E-state index in [-0.39, 0.29) is 37.2 Å². The van der Waals surface area contributed by atoms with Crippen molar-refractivity contribution in [3.05, 3.63) is 12.2 Å². The minimum Gasteiger partial charge on any atom is -0.460 e. The predicted octanol–water partition coefficient (Wildman–Crippen LogP) is 0.247. The van der Waals surface area contributed by atoms with Crippen molar-refractivity contribution in [2.45, 2.75) is 49.9 Å². The Bertz CT molecular complexity index is 659. The molecule has 3 unspecified atom stereocenters. The first kappa shape index (κ1) is 23.8. The highest BCUT2D eigenvalue weighted by Gasteiger charge is 2.42. The summed E-state index contributed by atoms with van der Waals surface area (Å²) in [4.78, 5) is 46.0. The van der Waals surface area contributed by atoms with Crippen LogP contribution >= 0.6 is 11.8 Å². The van der Waals surface area contributed by atoms with Crippen LogP contribution in [0.2, 0.25) is 0 Å². The molecule has 2 rings (SSSR count). The molecular weight excluding hydrogens is 410 g/mol. The Kier molecular flexibility index (Phi) is 9.78. The van der Waals surface area contributed by atoms with Gasteiger partial charge in [0, 0.05) is 36.1 Å². The van der Waals surface area contributed by atoms with E-state index < -0.39 is 12.0 Å². The number of carbonyl (C=O) groups is 4. The Morgan fingerprint density at radius 3 is 2.63 bits per heavy atom. The first-order valence-electron chi connectivity index (χ1n) is 10.2. The van der Waals surface area contributed by atoms with Gasteiger partial charge in [-0.3, -0.25) is 4.79 Å². The van der Waals surface area contributed by atoms with Crippen molar-refractivity contribution < 1.29 is 23.9 Å². The van der Waals surface area contributed by atoms with Gasteiger partial charge in [-0.25, -0.2) is 14.4 Å². The monoisotopic (exact) mass is 441 g/mol. The van der Waals surface area contributed by atoms with Crippen LogP contribution in [0, 0.1) is 0 Å². The molecule has 30 heavy (non-hydrogen) atoms. The molecule has 0 radical (unpaired) electrons. The van der Waals surface area contributed by atoms with Crippen molar-refractivity contribution in [3.8, 4) is 0 Å². The maximum atomic E-state index is 11.9. The van der Waals surface area contributed by atoms with Crippen LogP contribution in [0.4, 0.5) is 9.59 Å². The van der Waals surface area contributed by atoms with E-state index in [0.29, 0.717) is 30.3 Å². The maximum Gasteiger partial charge on any atom is 0.333 e. The van der Waals surface area contributed by atoms with Crippen LogP contribution in [-0.2, 0) is 14.3 Å². The normalized spacial score (nSPS) is 21.8. The fraction of sp³-hybridized carbons (Fsp3) is 0.684. The van der Waals surface area contributed by atoms with Crippen LogP contribution in [0.15, 0.2) is 12.2 Å². The predicted molar refractivity (Wildman–Crippen MR) is 114 cm³/mol. The molecule has 168 valence electrons. The smallest absolute Gasteiger partial charge is 0.333 e. The number of nitrogens with one attached hydrogen (secondary N) is 5. The first-order chi connectivity index (χ1) is 14.4. The number of esters is 1. The van der Waals surface area contributed by atoms with Gasteiger partial charge in [0.15, 0.2) is 0 Å². The number of hydrogen-bond donors (Lipinski definition) is 5. The number of rotatable bonds is 12. The fourth-order valence-electron chi connectivity index (χ4n) is 3.23. The van der Waals surface area contributed by atoms with Gasteiger partial charge in [-0.2, -0.15) is 11.8 Å². The Balaban J connectivity index is 1.42. The molecule has 2 aliphatic rings. The summed E-state index contributed by atoms with van der Waals surface area (Å²) in [5.74, 6) is 0.402. The molecular formula is C19H31N5O5S. The van der Waals surface area contributed by atoms with E-state index >= 15 is 0 Å². The molecule has 0 aliphatic carbocycles. The van der Waals surface area contributed by atoms with Gasteiger partial charge in [-0.15, -0.1) is 0 Å². The third-order valence-corrected chi connectivity index (χ3v) is 6.29. The lowest BCUT2D eigenvalue weighted by atomic mass is 10.0. The molecule has 2 fully saturated rings. The molecule has 0 aromatic carbocycles. The fourth-order valence-corrected chi connectivity index (χ4v) is 4.78. The SMILES string of the molecule is C=C(C)C(=O)OCCNC(=O)NCCNC(=O)CCCCC1SCC2NC(=O)NC21. The van der Waals surface area contributed by atoms with Crippen LogP contribution in [0.3, 0.4) is 0 Å². The van der Waals surface area contributed by atoms with Crippen LogP contribution < -0.4 is 26.6 Å². The molecule has 2 heterocycles. The Labute approximate surface area is 180 Å². The second-order valence-corrected chi connectivity index (χ2v) is 8.59. The lowest BCUT2D eigenvalue weighted by molar-refractivity contribution is -0.138. The van der Waals surface area contributed by atoms with Gasteiger partial charge < -0.3 is 31.3 Å². The van der Waals surface area contributed by atoms with E-state index in [0.717, 1.165) is 25.0 Å². The number of fused-ring (bicyclic) bond motifs is 1. The Morgan fingerprint density at radius 2 is 1.87 bits per heavy atom. The Morgan fingerprint density at radius 1 is 1.13 bits per heavy atom. The number of amides is 5. The van der Waals surface area contributed by atoms with Gasteiger partial charge in [-0.05, 0) is 19.8 Å². The molecule has 0 aromatic heterocycles. The number of carbonyl (C=O) groups excluding carboxylic acids is 4. The van der Waals surface area contributed by atoms with Crippen molar-refractivity contribution in [3.63, 3.8) is 0 Å². The number of urea groups is 2. The zero-order valence-electron chi connectivity index (χ0n) is 17.3. The maximum absolute atomic E-state index is 11.9. The van der Waals surface area contributed by atoms with Gasteiger partial charge in [0.25, 0.3) is 0 Å². The van der Waals surface area contributed by atoms with Crippen molar-refractivity contribution in [2.75, 3.05) is 32.0 Å². The summed E-state index contributed by atoms with van der Waals surface area (Å²) in [6, 6.07) is -0.0433. The second kappa shape index (κ2) is 12.3. The molecule has 0 saturated carbocycles. The highest BCUT2D eigenvalue weighted by atomic mass is 32.2. The van der Waals surface area contributed by atoms with Gasteiger partial charge in [-0.1, -0.05) is 13.0 Å². The lowest BCUT2D eigenvalue weighted by Crippen LogP contribution is -2.41. The van der Waals surface area contributed by atoms with E-state index in [4.69, 9.17) is 4.74 Å². The van der Waals surface area contributed by atoms with Crippen LogP contribution in [0.1, 0.15) is 32.6 Å². The average Bonchev–Trinajstić information content (AvgIpc) is 3.25. The third kappa shape index (κ3) is 8.13. The average molecular weight is 442 g/mol. The van der Waals surface area contributed by atoms with Crippen LogP contribution in [-0.4, -0.2) is 73.3 Å². The third-order valence-electron chi connectivity index (χ3n) is 4.78. The summed E-state index contributed by atoms with van der Waals surface area (Å²) >= 11 is 1.87. The summed E-state index contributed by atoms with van der Waals surface area (Å²) < 4.78 is 4.85.